The van der Waals surface area contributed by atoms with Crippen LogP contribution in [0.1, 0.15) is 59.4 Å². The Balaban J connectivity index is 1.26. The zero-order valence-corrected chi connectivity index (χ0v) is 26.0. The van der Waals surface area contributed by atoms with Crippen molar-refractivity contribution in [2.75, 3.05) is 54.5 Å². The molecule has 7 heterocycles. The molecule has 16 heteroatoms. The molecule has 3 aromatic heterocycles. The zero-order chi connectivity index (χ0) is 31.7. The number of rotatable bonds is 7. The van der Waals surface area contributed by atoms with E-state index in [1.54, 1.807) is 35.7 Å². The van der Waals surface area contributed by atoms with Gasteiger partial charge in [0.15, 0.2) is 5.82 Å². The molecule has 10 nitrogen and oxygen atoms in total. The molecular weight excluding hydrogens is 631 g/mol. The van der Waals surface area contributed by atoms with Crippen molar-refractivity contribution in [3.63, 3.8) is 0 Å². The van der Waals surface area contributed by atoms with E-state index in [0.29, 0.717) is 34.8 Å². The number of hydrogen-bond donors (Lipinski definition) is 3. The largest absolute Gasteiger partial charge is 0.461 e. The molecule has 45 heavy (non-hydrogen) atoms. The molecular formula is C29H31F4N9OS2. The summed E-state index contributed by atoms with van der Waals surface area (Å²) >= 11 is 2.96. The number of nitrogens with two attached hydrogens (primary N) is 2. The van der Waals surface area contributed by atoms with Crippen LogP contribution in [0.3, 0.4) is 0 Å². The number of nitrogen functional groups attached to an aromatic ring is 2. The van der Waals surface area contributed by atoms with Crippen molar-refractivity contribution in [3.8, 4) is 12.1 Å². The van der Waals surface area contributed by atoms with E-state index >= 15 is 0 Å². The van der Waals surface area contributed by atoms with Crippen LogP contribution in [0.25, 0.3) is 0 Å². The van der Waals surface area contributed by atoms with Gasteiger partial charge < -0.3 is 26.4 Å². The van der Waals surface area contributed by atoms with Gasteiger partial charge in [0.1, 0.15) is 41.0 Å². The van der Waals surface area contributed by atoms with Crippen molar-refractivity contribution in [3.05, 3.63) is 45.5 Å². The third kappa shape index (κ3) is 4.99. The van der Waals surface area contributed by atoms with E-state index in [1.165, 1.54) is 17.5 Å². The van der Waals surface area contributed by atoms with Crippen LogP contribution in [0.5, 0.6) is 6.01 Å². The molecule has 3 atom stereocenters. The molecule has 3 saturated heterocycles. The van der Waals surface area contributed by atoms with Gasteiger partial charge in [0.05, 0.1) is 21.9 Å². The van der Waals surface area contributed by atoms with Gasteiger partial charge in [-0.25, -0.2) is 9.37 Å². The Morgan fingerprint density at radius 2 is 2.09 bits per heavy atom. The Morgan fingerprint density at radius 1 is 1.29 bits per heavy atom. The van der Waals surface area contributed by atoms with Gasteiger partial charge >= 0.3 is 12.2 Å². The Morgan fingerprint density at radius 3 is 2.82 bits per heavy atom. The van der Waals surface area contributed by atoms with Crippen LogP contribution in [0.15, 0.2) is 18.3 Å². The summed E-state index contributed by atoms with van der Waals surface area (Å²) in [7, 11) is 0. The maximum atomic E-state index is 14.9. The number of nitriles is 1. The number of fused-ring (bicyclic) bond motifs is 3. The van der Waals surface area contributed by atoms with Gasteiger partial charge in [-0.3, -0.25) is 4.90 Å². The first-order valence-corrected chi connectivity index (χ1v) is 16.4. The Bertz CT molecular complexity index is 1690. The highest BCUT2D eigenvalue weighted by Crippen LogP contribution is 2.59. The summed E-state index contributed by atoms with van der Waals surface area (Å²) in [6.07, 6.45) is -2.41. The number of nitrogens with zero attached hydrogens (tertiary/aromatic N) is 6. The first-order chi connectivity index (χ1) is 21.4. The normalized spacial score (nSPS) is 24.3. The van der Waals surface area contributed by atoms with Crippen LogP contribution in [-0.4, -0.2) is 64.3 Å². The molecule has 3 fully saturated rings. The van der Waals surface area contributed by atoms with Crippen molar-refractivity contribution >= 4 is 45.6 Å². The minimum atomic E-state index is -4.83. The van der Waals surface area contributed by atoms with Crippen LogP contribution >= 0.6 is 23.1 Å². The number of aromatic nitrogens is 3. The van der Waals surface area contributed by atoms with Gasteiger partial charge in [0, 0.05) is 54.0 Å². The average Bonchev–Trinajstić information content (AvgIpc) is 3.68. The van der Waals surface area contributed by atoms with Crippen molar-refractivity contribution in [1.29, 1.82) is 5.26 Å². The standard InChI is InChI=1S/C29H31F4N9OS2/c1-15(17-4-2-6-37-22(17)35)38-24-21(29(31,32)33)25(40-26(39-24)43-14-27-5-3-7-42(27)10-16(30)8-27)41-12-28(13-41)20-18(9-34)23(36)45-19(20)11-44-28/h2,4,6,15-16H,3,5,7-8,10-14,36H2,1H3,(H2,35,37)(H,38,39,40)/t15-,16-,27+/m1/s1. The van der Waals surface area contributed by atoms with Gasteiger partial charge in [-0.1, -0.05) is 6.07 Å². The SMILES string of the molecule is C[C@@H](Nc1nc(OC[C@@]23CCCN2C[C@H](F)C3)nc(N2CC3(C2)SCc2sc(N)c(C#N)c23)c1C(F)(F)F)c1cccnc1N. The Kier molecular flexibility index (Phi) is 7.21. The molecule has 0 amide bonds. The van der Waals surface area contributed by atoms with Crippen molar-refractivity contribution < 1.29 is 22.3 Å². The van der Waals surface area contributed by atoms with Crippen LogP contribution in [0.2, 0.25) is 0 Å². The number of thioether (sulfide) groups is 1. The summed E-state index contributed by atoms with van der Waals surface area (Å²) in [5.74, 6) is 0.0429. The maximum Gasteiger partial charge on any atom is 0.423 e. The van der Waals surface area contributed by atoms with Gasteiger partial charge in [-0.15, -0.1) is 23.1 Å². The fourth-order valence-corrected chi connectivity index (χ4v) is 10.1. The van der Waals surface area contributed by atoms with E-state index < -0.39 is 40.1 Å². The number of pyridine rings is 1. The summed E-state index contributed by atoms with van der Waals surface area (Å²) in [6, 6.07) is 4.60. The number of halogens is 4. The van der Waals surface area contributed by atoms with E-state index in [4.69, 9.17) is 16.2 Å². The molecule has 0 saturated carbocycles. The van der Waals surface area contributed by atoms with E-state index in [1.807, 2.05) is 0 Å². The third-order valence-corrected chi connectivity index (χ3v) is 12.0. The second-order valence-electron chi connectivity index (χ2n) is 12.1. The van der Waals surface area contributed by atoms with Gasteiger partial charge in [-0.05, 0) is 32.4 Å². The molecule has 0 bridgehead atoms. The highest BCUT2D eigenvalue weighted by atomic mass is 32.2. The maximum absolute atomic E-state index is 14.9. The molecule has 1 spiro atoms. The number of ether oxygens (including phenoxy) is 1. The van der Waals surface area contributed by atoms with E-state index in [9.17, 15) is 22.8 Å². The van der Waals surface area contributed by atoms with Gasteiger partial charge in [0.25, 0.3) is 0 Å². The Labute approximate surface area is 265 Å². The third-order valence-electron chi connectivity index (χ3n) is 9.32. The van der Waals surface area contributed by atoms with E-state index in [2.05, 4.69) is 31.2 Å². The zero-order valence-electron chi connectivity index (χ0n) is 24.3. The van der Waals surface area contributed by atoms with Crippen LogP contribution in [-0.2, 0) is 16.7 Å². The molecule has 4 aliphatic rings. The summed E-state index contributed by atoms with van der Waals surface area (Å²) < 4.78 is 64.7. The fourth-order valence-electron chi connectivity index (χ4n) is 7.25. The molecule has 3 aromatic rings. The van der Waals surface area contributed by atoms with E-state index in [0.717, 1.165) is 29.8 Å². The molecule has 0 aliphatic carbocycles. The highest BCUT2D eigenvalue weighted by Gasteiger charge is 2.55. The molecule has 7 rings (SSSR count). The van der Waals surface area contributed by atoms with Crippen molar-refractivity contribution in [2.24, 2.45) is 0 Å². The lowest BCUT2D eigenvalue weighted by atomic mass is 9.88. The minimum absolute atomic E-state index is 0.0611. The summed E-state index contributed by atoms with van der Waals surface area (Å²) in [4.78, 5) is 17.3. The number of thiophene rings is 1. The smallest absolute Gasteiger partial charge is 0.423 e. The first-order valence-electron chi connectivity index (χ1n) is 14.6. The molecule has 0 unspecified atom stereocenters. The number of anilines is 4. The Hall–Kier alpha value is -3.55. The number of nitrogens with one attached hydrogen (secondary N) is 1. The molecule has 5 N–H and O–H groups in total. The first kappa shape index (κ1) is 30.1. The quantitative estimate of drug-likeness (QED) is 0.292. The minimum Gasteiger partial charge on any atom is -0.461 e. The lowest BCUT2D eigenvalue weighted by Crippen LogP contribution is -2.57. The lowest BCUT2D eigenvalue weighted by molar-refractivity contribution is -0.137. The van der Waals surface area contributed by atoms with Crippen molar-refractivity contribution in [1.82, 2.24) is 19.9 Å². The molecule has 0 aromatic carbocycles. The second kappa shape index (κ2) is 10.8. The van der Waals surface area contributed by atoms with E-state index in [-0.39, 0.29) is 37.3 Å². The van der Waals surface area contributed by atoms with Crippen LogP contribution < -0.4 is 26.4 Å². The van der Waals surface area contributed by atoms with Crippen LogP contribution in [0, 0.1) is 11.3 Å². The predicted molar refractivity (Wildman–Crippen MR) is 165 cm³/mol. The highest BCUT2D eigenvalue weighted by molar-refractivity contribution is 8.00. The van der Waals surface area contributed by atoms with Crippen molar-refractivity contribution in [2.45, 2.75) is 60.6 Å². The topological polar surface area (TPSA) is 142 Å². The number of alkyl halides is 4. The second-order valence-corrected chi connectivity index (χ2v) is 14.6. The summed E-state index contributed by atoms with van der Waals surface area (Å²) in [6.45, 7) is 3.18. The fraction of sp³-hybridized carbons (Fsp3) is 0.517. The lowest BCUT2D eigenvalue weighted by Gasteiger charge is -2.49. The summed E-state index contributed by atoms with van der Waals surface area (Å²) in [5, 5.41) is 13.1. The van der Waals surface area contributed by atoms with Gasteiger partial charge in [0.2, 0.25) is 0 Å². The summed E-state index contributed by atoms with van der Waals surface area (Å²) in [5.41, 5.74) is 12.3. The van der Waals surface area contributed by atoms with Crippen LogP contribution in [0.4, 0.5) is 40.0 Å². The van der Waals surface area contributed by atoms with Gasteiger partial charge in [-0.2, -0.15) is 28.4 Å². The number of hydrogen-bond acceptors (Lipinski definition) is 12. The predicted octanol–water partition coefficient (Wildman–Crippen LogP) is 5.08. The molecule has 0 radical (unpaired) electrons. The average molecular weight is 662 g/mol. The monoisotopic (exact) mass is 661 g/mol. The molecule has 238 valence electrons. The molecule has 4 aliphatic heterocycles.